The first-order chi connectivity index (χ1) is 8.24. The summed E-state index contributed by atoms with van der Waals surface area (Å²) in [5, 5.41) is 0. The summed E-state index contributed by atoms with van der Waals surface area (Å²) in [7, 11) is 0. The number of aryl methyl sites for hydroxylation is 2. The quantitative estimate of drug-likeness (QED) is 0.647. The highest BCUT2D eigenvalue weighted by Gasteiger charge is 2.16. The summed E-state index contributed by atoms with van der Waals surface area (Å²) in [4.78, 5) is 8.31. The van der Waals surface area contributed by atoms with Gasteiger partial charge in [-0.2, -0.15) is 0 Å². The second kappa shape index (κ2) is 5.73. The minimum Gasteiger partial charge on any atom is -0.271 e. The molecule has 3 nitrogen and oxygen atoms in total. The smallest absolute Gasteiger partial charge is 0.0798 e. The van der Waals surface area contributed by atoms with E-state index in [1.165, 1.54) is 14.6 Å². The molecule has 0 aliphatic carbocycles. The summed E-state index contributed by atoms with van der Waals surface area (Å²) in [6.07, 6.45) is 2.04. The van der Waals surface area contributed by atoms with Gasteiger partial charge in [0.2, 0.25) is 0 Å². The first-order valence-corrected chi connectivity index (χ1v) is 7.38. The molecule has 0 bridgehead atoms. The van der Waals surface area contributed by atoms with Crippen molar-refractivity contribution in [2.45, 2.75) is 32.7 Å². The molecule has 1 unspecified atom stereocenters. The van der Waals surface area contributed by atoms with Gasteiger partial charge < -0.3 is 0 Å². The Kier molecular flexibility index (Phi) is 4.28. The predicted molar refractivity (Wildman–Crippen MR) is 74.3 cm³/mol. The lowest BCUT2D eigenvalue weighted by atomic mass is 10.1. The second-order valence-corrected chi connectivity index (χ2v) is 6.09. The number of hydrogen-bond acceptors (Lipinski definition) is 5. The Balaban J connectivity index is 2.12. The van der Waals surface area contributed by atoms with Gasteiger partial charge in [0, 0.05) is 21.1 Å². The van der Waals surface area contributed by atoms with Crippen LogP contribution < -0.4 is 11.3 Å². The molecule has 1 atom stereocenters. The molecule has 17 heavy (non-hydrogen) atoms. The van der Waals surface area contributed by atoms with Gasteiger partial charge in [0.25, 0.3) is 0 Å². The van der Waals surface area contributed by atoms with E-state index in [4.69, 9.17) is 5.84 Å². The van der Waals surface area contributed by atoms with Gasteiger partial charge in [0.15, 0.2) is 0 Å². The molecule has 3 N–H and O–H groups in total. The second-order valence-electron chi connectivity index (χ2n) is 3.95. The third kappa shape index (κ3) is 2.93. The van der Waals surface area contributed by atoms with E-state index >= 15 is 0 Å². The number of nitrogens with two attached hydrogens (primary N) is 1. The van der Waals surface area contributed by atoms with Crippen LogP contribution in [0.25, 0.3) is 0 Å². The molecule has 5 heteroatoms. The number of hydrazine groups is 1. The molecule has 2 heterocycles. The van der Waals surface area contributed by atoms with Crippen molar-refractivity contribution in [2.75, 3.05) is 0 Å². The molecule has 2 aromatic rings. The summed E-state index contributed by atoms with van der Waals surface area (Å²) < 4.78 is 0. The van der Waals surface area contributed by atoms with Gasteiger partial charge in [-0.3, -0.25) is 11.3 Å². The van der Waals surface area contributed by atoms with E-state index in [0.29, 0.717) is 0 Å². The third-order valence-electron chi connectivity index (χ3n) is 2.77. The molecule has 0 amide bonds. The molecule has 2 rings (SSSR count). The zero-order valence-electron chi connectivity index (χ0n) is 10.1. The molecule has 0 saturated heterocycles. The fourth-order valence-electron chi connectivity index (χ4n) is 1.80. The van der Waals surface area contributed by atoms with Crippen molar-refractivity contribution >= 4 is 22.7 Å². The van der Waals surface area contributed by atoms with Crippen LogP contribution in [0.3, 0.4) is 0 Å². The lowest BCUT2D eigenvalue weighted by molar-refractivity contribution is 0.561. The fourth-order valence-corrected chi connectivity index (χ4v) is 3.66. The molecule has 2 aromatic heterocycles. The van der Waals surface area contributed by atoms with E-state index in [9.17, 15) is 0 Å². The number of nitrogens with zero attached hydrogens (tertiary/aromatic N) is 1. The Morgan fingerprint density at radius 1 is 1.41 bits per heavy atom. The highest BCUT2D eigenvalue weighted by Crippen LogP contribution is 2.27. The van der Waals surface area contributed by atoms with Gasteiger partial charge in [0.05, 0.1) is 17.2 Å². The van der Waals surface area contributed by atoms with Crippen molar-refractivity contribution in [1.29, 1.82) is 0 Å². The van der Waals surface area contributed by atoms with Crippen LogP contribution in [0, 0.1) is 6.92 Å². The zero-order chi connectivity index (χ0) is 12.3. The molecule has 0 fully saturated rings. The molecule has 0 radical (unpaired) electrons. The number of rotatable bonds is 5. The van der Waals surface area contributed by atoms with E-state index in [0.717, 1.165) is 18.5 Å². The normalized spacial score (nSPS) is 12.9. The van der Waals surface area contributed by atoms with Crippen LogP contribution in [0.15, 0.2) is 17.6 Å². The van der Waals surface area contributed by atoms with E-state index in [-0.39, 0.29) is 6.04 Å². The Labute approximate surface area is 110 Å². The van der Waals surface area contributed by atoms with Crippen LogP contribution in [0.5, 0.6) is 0 Å². The van der Waals surface area contributed by atoms with Crippen LogP contribution >= 0.6 is 22.7 Å². The molecular formula is C12H17N3S2. The Morgan fingerprint density at radius 2 is 2.18 bits per heavy atom. The molecular weight excluding hydrogens is 250 g/mol. The van der Waals surface area contributed by atoms with Gasteiger partial charge >= 0.3 is 0 Å². The van der Waals surface area contributed by atoms with Crippen LogP contribution in [0.2, 0.25) is 0 Å². The fraction of sp³-hybridized carbons (Fsp3) is 0.417. The van der Waals surface area contributed by atoms with Crippen molar-refractivity contribution in [2.24, 2.45) is 5.84 Å². The third-order valence-corrected chi connectivity index (χ3v) is 5.07. The van der Waals surface area contributed by atoms with Gasteiger partial charge in [0.1, 0.15) is 0 Å². The molecule has 0 aliphatic rings. The molecule has 0 aliphatic heterocycles. The summed E-state index contributed by atoms with van der Waals surface area (Å²) in [6, 6.07) is 4.57. The highest BCUT2D eigenvalue weighted by molar-refractivity contribution is 7.12. The Bertz CT molecular complexity index is 476. The lowest BCUT2D eigenvalue weighted by Gasteiger charge is -2.13. The minimum absolute atomic E-state index is 0.172. The standard InChI is InChI=1S/C12H17N3S2/c1-3-9-4-5-10(17-9)6-11(15-13)12-8(2)14-7-16-12/h4-5,7,11,15H,3,6,13H2,1-2H3. The summed E-state index contributed by atoms with van der Waals surface area (Å²) in [6.45, 7) is 4.21. The maximum absolute atomic E-state index is 5.65. The average molecular weight is 267 g/mol. The number of thiazole rings is 1. The lowest BCUT2D eigenvalue weighted by Crippen LogP contribution is -2.29. The van der Waals surface area contributed by atoms with E-state index in [2.05, 4.69) is 29.5 Å². The maximum Gasteiger partial charge on any atom is 0.0798 e. The van der Waals surface area contributed by atoms with Crippen molar-refractivity contribution in [3.05, 3.63) is 38.0 Å². The maximum atomic E-state index is 5.65. The van der Waals surface area contributed by atoms with Crippen molar-refractivity contribution in [3.63, 3.8) is 0 Å². The number of nitrogens with one attached hydrogen (secondary N) is 1. The summed E-state index contributed by atoms with van der Waals surface area (Å²) in [5.41, 5.74) is 5.85. The topological polar surface area (TPSA) is 50.9 Å². The zero-order valence-corrected chi connectivity index (χ0v) is 11.7. The first kappa shape index (κ1) is 12.7. The SMILES string of the molecule is CCc1ccc(CC(NN)c2scnc2C)s1. The van der Waals surface area contributed by atoms with Crippen molar-refractivity contribution in [3.8, 4) is 0 Å². The number of aromatic nitrogens is 1. The van der Waals surface area contributed by atoms with E-state index in [1.54, 1.807) is 11.3 Å². The van der Waals surface area contributed by atoms with Gasteiger partial charge in [-0.15, -0.1) is 22.7 Å². The van der Waals surface area contributed by atoms with Gasteiger partial charge in [-0.1, -0.05) is 6.92 Å². The average Bonchev–Trinajstić information content (AvgIpc) is 2.95. The largest absolute Gasteiger partial charge is 0.271 e. The van der Waals surface area contributed by atoms with Gasteiger partial charge in [-0.25, -0.2) is 4.98 Å². The molecule has 0 aromatic carbocycles. The van der Waals surface area contributed by atoms with Crippen LogP contribution in [0.1, 0.15) is 33.3 Å². The van der Waals surface area contributed by atoms with E-state index in [1.807, 2.05) is 23.8 Å². The summed E-state index contributed by atoms with van der Waals surface area (Å²) in [5.74, 6) is 5.65. The summed E-state index contributed by atoms with van der Waals surface area (Å²) >= 11 is 3.53. The number of hydrogen-bond donors (Lipinski definition) is 2. The molecule has 0 spiro atoms. The van der Waals surface area contributed by atoms with E-state index < -0.39 is 0 Å². The van der Waals surface area contributed by atoms with Crippen LogP contribution in [-0.4, -0.2) is 4.98 Å². The predicted octanol–water partition coefficient (Wildman–Crippen LogP) is 2.82. The number of thiophene rings is 1. The van der Waals surface area contributed by atoms with Crippen molar-refractivity contribution in [1.82, 2.24) is 10.4 Å². The minimum atomic E-state index is 0.172. The van der Waals surface area contributed by atoms with Crippen molar-refractivity contribution < 1.29 is 0 Å². The van der Waals surface area contributed by atoms with Crippen LogP contribution in [-0.2, 0) is 12.8 Å². The molecule has 92 valence electrons. The van der Waals surface area contributed by atoms with Crippen LogP contribution in [0.4, 0.5) is 0 Å². The first-order valence-electron chi connectivity index (χ1n) is 5.68. The Morgan fingerprint density at radius 3 is 2.71 bits per heavy atom. The van der Waals surface area contributed by atoms with Gasteiger partial charge in [-0.05, 0) is 25.5 Å². The monoisotopic (exact) mass is 267 g/mol. The molecule has 0 saturated carbocycles. The Hall–Kier alpha value is -0.750. The highest BCUT2D eigenvalue weighted by atomic mass is 32.1.